The minimum Gasteiger partial charge on any atom is -0.507 e. The lowest BCUT2D eigenvalue weighted by atomic mass is 9.68. The number of unbranched alkanes of at least 4 members (excludes halogenated alkanes) is 3. The lowest BCUT2D eigenvalue weighted by molar-refractivity contribution is 0.0104. The van der Waals surface area contributed by atoms with Crippen molar-refractivity contribution in [1.29, 1.82) is 0 Å². The van der Waals surface area contributed by atoms with Crippen LogP contribution >= 0.6 is 0 Å². The zero-order chi connectivity index (χ0) is 77.1. The van der Waals surface area contributed by atoms with Crippen molar-refractivity contribution < 1.29 is 49.6 Å². The van der Waals surface area contributed by atoms with E-state index in [2.05, 4.69) is 160 Å². The van der Waals surface area contributed by atoms with Crippen LogP contribution in [0.3, 0.4) is 0 Å². The number of aryl methyl sites for hydroxylation is 6. The predicted molar refractivity (Wildman–Crippen MR) is 437 cm³/mol. The van der Waals surface area contributed by atoms with E-state index in [9.17, 15) is 30.6 Å². The molecule has 0 amide bonds. The number of rotatable bonds is 13. The second kappa shape index (κ2) is 33.2. The second-order valence-electron chi connectivity index (χ2n) is 34.7. The number of hydrogen-bond donors (Lipinski definition) is 6. The van der Waals surface area contributed by atoms with Crippen LogP contribution in [0.5, 0.6) is 57.5 Å². The van der Waals surface area contributed by atoms with Gasteiger partial charge in [0, 0.05) is 69.6 Å². The largest absolute Gasteiger partial charge is 0.507 e. The number of phenolic OH excluding ortho intramolecular Hbond substituents is 6. The van der Waals surface area contributed by atoms with Gasteiger partial charge in [0.25, 0.3) is 0 Å². The van der Waals surface area contributed by atoms with Crippen LogP contribution in [-0.4, -0.2) is 53.0 Å². The summed E-state index contributed by atoms with van der Waals surface area (Å²) in [5.74, 6) is 8.30. The van der Waals surface area contributed by atoms with Gasteiger partial charge in [-0.2, -0.15) is 0 Å². The first-order valence-electron chi connectivity index (χ1n) is 40.3. The van der Waals surface area contributed by atoms with Crippen LogP contribution in [0.15, 0.2) is 132 Å². The van der Waals surface area contributed by atoms with Crippen molar-refractivity contribution in [2.75, 3.05) is 0 Å². The predicted octanol–water partition coefficient (Wildman–Crippen LogP) is 25.4. The molecule has 6 aromatic rings. The van der Waals surface area contributed by atoms with Gasteiger partial charge < -0.3 is 49.6 Å². The monoisotopic (exact) mass is 1440 g/mol. The standard InChI is InChI=1S/C21H30O2.C20H28O2.C19H26O2.C19H22O2.C17H22O2/c1-5-6-7-8-15-12-18(22)20-16-11-14(2)9-10-17(16)21(3,4)23-19(20)13-15;1-5-6-7-14-11-17(21)19-15-10-13(2)8-9-16(15)20(3,4)22-18(19)12-14;1-5-6-13-10-16(20)18-14-9-12(2)7-8-15(14)19(3,4)21-17(18)11-13;1-5-6-14-10-17(20)19(18(21)11-14)16-9-13(4)7-8-15(16)12(2)3;1-10-5-6-13-12(7-10)16-14(18)8-11(2)9-15(16)19-17(13,3)4/h11-13,16-17,22H,5-10H2,1-4H3;10-12,15-16,21H,5-9H2,1-4H3;9-11,14-15,20H,5-8H2,1-4H3;7-11,20-21H,2,5-6H2,1,3-4H3;7-9,12-13,18H,5-6H2,1-4H3/t16-,17-;15-,16-;14-,15-;;12-,13-/m111.1/s1. The van der Waals surface area contributed by atoms with Gasteiger partial charge in [-0.25, -0.2) is 0 Å². The van der Waals surface area contributed by atoms with Crippen molar-refractivity contribution in [1.82, 2.24) is 0 Å². The quantitative estimate of drug-likeness (QED) is 0.0486. The Labute approximate surface area is 636 Å². The summed E-state index contributed by atoms with van der Waals surface area (Å²) in [4.78, 5) is 0. The van der Waals surface area contributed by atoms with Gasteiger partial charge in [0.15, 0.2) is 0 Å². The summed E-state index contributed by atoms with van der Waals surface area (Å²) in [6.45, 7) is 44.8. The second-order valence-corrected chi connectivity index (χ2v) is 34.7. The van der Waals surface area contributed by atoms with E-state index in [1.165, 1.54) is 58.2 Å². The van der Waals surface area contributed by atoms with E-state index in [1.807, 2.05) is 69.3 Å². The van der Waals surface area contributed by atoms with E-state index in [0.717, 1.165) is 181 Å². The van der Waals surface area contributed by atoms with E-state index in [1.54, 1.807) is 12.1 Å². The number of allylic oxidation sites excluding steroid dienone is 9. The number of fused-ring (bicyclic) bond motifs is 12. The summed E-state index contributed by atoms with van der Waals surface area (Å²) < 4.78 is 25.2. The molecule has 6 aromatic carbocycles. The minimum absolute atomic E-state index is 0.117. The van der Waals surface area contributed by atoms with Gasteiger partial charge in [-0.15, -0.1) is 0 Å². The maximum absolute atomic E-state index is 10.7. The van der Waals surface area contributed by atoms with E-state index in [4.69, 9.17) is 18.9 Å². The van der Waals surface area contributed by atoms with E-state index >= 15 is 0 Å². The summed E-state index contributed by atoms with van der Waals surface area (Å²) in [7, 11) is 0. The Morgan fingerprint density at radius 2 is 0.679 bits per heavy atom. The number of aromatic hydroxyl groups is 6. The third-order valence-corrected chi connectivity index (χ3v) is 24.2. The number of benzene rings is 6. The Balaban J connectivity index is 0.000000142. The Hall–Kier alpha value is -7.98. The van der Waals surface area contributed by atoms with Crippen molar-refractivity contribution >= 4 is 5.57 Å². The lowest BCUT2D eigenvalue weighted by Gasteiger charge is -2.46. The molecule has 14 rings (SSSR count). The zero-order valence-electron chi connectivity index (χ0n) is 67.9. The van der Waals surface area contributed by atoms with Crippen molar-refractivity contribution in [3.63, 3.8) is 0 Å². The topological polar surface area (TPSA) is 158 Å². The SMILES string of the molecule is C=C(C)c1ccc(C)cc1-c1c(O)cc(CCC)cc1O.CC1=C[C@H]2c3c(O)cc(C)cc3OC(C)(C)[C@@H]2CC1.CCCCCc1cc(O)c2c(c1)OC(C)(C)[C@@H]1CCC(C)=C[C@@H]21.CCCCc1cc(O)c2c(c1)OC(C)(C)[C@@H]1CCC(C)=C[C@@H]21.CCCc1cc(O)c2c(c1)OC(C)(C)[C@@H]1CCC(C)=C[C@@H]21. The van der Waals surface area contributed by atoms with Gasteiger partial charge in [-0.1, -0.05) is 142 Å². The molecule has 4 aliphatic carbocycles. The minimum atomic E-state index is -0.177. The van der Waals surface area contributed by atoms with Crippen molar-refractivity contribution in [3.05, 3.63) is 193 Å². The smallest absolute Gasteiger partial charge is 0.127 e. The molecule has 0 aromatic heterocycles. The van der Waals surface area contributed by atoms with Crippen molar-refractivity contribution in [3.8, 4) is 68.6 Å². The first-order valence-corrected chi connectivity index (χ1v) is 40.3. The summed E-state index contributed by atoms with van der Waals surface area (Å²) in [6, 6.07) is 25.6. The number of hydrogen-bond acceptors (Lipinski definition) is 10. The molecular formula is C96H128O10. The highest BCUT2D eigenvalue weighted by molar-refractivity contribution is 5.86. The normalized spacial score (nSPS) is 23.1. The van der Waals surface area contributed by atoms with Crippen LogP contribution in [0, 0.1) is 37.5 Å². The average molecular weight is 1440 g/mol. The molecule has 4 heterocycles. The van der Waals surface area contributed by atoms with Gasteiger partial charge >= 0.3 is 0 Å². The van der Waals surface area contributed by atoms with Crippen LogP contribution in [0.1, 0.15) is 299 Å². The first-order chi connectivity index (χ1) is 50.1. The van der Waals surface area contributed by atoms with Crippen molar-refractivity contribution in [2.24, 2.45) is 23.7 Å². The molecule has 0 spiro atoms. The highest BCUT2D eigenvalue weighted by atomic mass is 16.5. The molecule has 10 heteroatoms. The van der Waals surface area contributed by atoms with E-state index < -0.39 is 0 Å². The highest BCUT2D eigenvalue weighted by Crippen LogP contribution is 2.58. The molecule has 4 aliphatic heterocycles. The molecule has 8 atom stereocenters. The Bertz CT molecular complexity index is 4270. The maximum atomic E-state index is 10.7. The Kier molecular flexibility index (Phi) is 25.3. The molecule has 0 unspecified atom stereocenters. The average Bonchev–Trinajstić information content (AvgIpc) is 0.762. The summed E-state index contributed by atoms with van der Waals surface area (Å²) in [5.41, 5.74) is 18.8. The molecular weight excluding hydrogens is 1310 g/mol. The summed E-state index contributed by atoms with van der Waals surface area (Å²) in [6.07, 6.45) is 30.3. The summed E-state index contributed by atoms with van der Waals surface area (Å²) >= 11 is 0. The Morgan fingerprint density at radius 1 is 0.368 bits per heavy atom. The molecule has 0 saturated carbocycles. The molecule has 6 N–H and O–H groups in total. The fourth-order valence-corrected chi connectivity index (χ4v) is 18.7. The first kappa shape index (κ1) is 80.6. The van der Waals surface area contributed by atoms with Gasteiger partial charge in [-0.05, 0) is 293 Å². The van der Waals surface area contributed by atoms with E-state index in [-0.39, 0.29) is 57.6 Å². The molecule has 8 aliphatic rings. The zero-order valence-corrected chi connectivity index (χ0v) is 67.9. The van der Waals surface area contributed by atoms with Crippen LogP contribution < -0.4 is 18.9 Å². The Morgan fingerprint density at radius 3 is 1.02 bits per heavy atom. The fraction of sp³-hybridized carbons (Fsp3) is 0.521. The number of phenols is 6. The van der Waals surface area contributed by atoms with Crippen LogP contribution in [0.25, 0.3) is 16.7 Å². The lowest BCUT2D eigenvalue weighted by Crippen LogP contribution is -2.45. The van der Waals surface area contributed by atoms with E-state index in [0.29, 0.717) is 52.2 Å². The van der Waals surface area contributed by atoms with Crippen LogP contribution in [-0.2, 0) is 25.7 Å². The summed E-state index contributed by atoms with van der Waals surface area (Å²) in [5, 5.41) is 62.9. The maximum Gasteiger partial charge on any atom is 0.127 e. The molecule has 0 saturated heterocycles. The molecule has 10 nitrogen and oxygen atoms in total. The third kappa shape index (κ3) is 17.9. The highest BCUT2D eigenvalue weighted by Gasteiger charge is 2.49. The van der Waals surface area contributed by atoms with Gasteiger partial charge in [0.1, 0.15) is 79.9 Å². The molecule has 0 radical (unpaired) electrons. The third-order valence-electron chi connectivity index (χ3n) is 24.2. The van der Waals surface area contributed by atoms with Crippen molar-refractivity contribution in [2.45, 2.75) is 300 Å². The molecule has 0 fully saturated rings. The van der Waals surface area contributed by atoms with Crippen LogP contribution in [0.2, 0.25) is 0 Å². The molecule has 106 heavy (non-hydrogen) atoms. The van der Waals surface area contributed by atoms with Gasteiger partial charge in [-0.3, -0.25) is 0 Å². The van der Waals surface area contributed by atoms with Gasteiger partial charge in [0.05, 0.1) is 5.56 Å². The fourth-order valence-electron chi connectivity index (χ4n) is 18.7. The van der Waals surface area contributed by atoms with Crippen LogP contribution in [0.4, 0.5) is 0 Å². The number of ether oxygens (including phenoxy) is 4. The molecule has 0 bridgehead atoms. The molecule has 572 valence electrons. The van der Waals surface area contributed by atoms with Gasteiger partial charge in [0.2, 0.25) is 0 Å².